The minimum absolute atomic E-state index is 0.343. The van der Waals surface area contributed by atoms with Gasteiger partial charge in [0.1, 0.15) is 0 Å². The van der Waals surface area contributed by atoms with Crippen LogP contribution in [0.4, 0.5) is 4.79 Å². The van der Waals surface area contributed by atoms with E-state index in [9.17, 15) is 4.79 Å². The zero-order chi connectivity index (χ0) is 9.68. The molecule has 0 bridgehead atoms. The highest BCUT2D eigenvalue weighted by Gasteiger charge is 2.22. The Labute approximate surface area is 83.8 Å². The standard InChI is InChI=1S/C9H10NO2S/c1-2-12-9(11)10-8(13)7-5-3-4-6-7/h3-6H,2H2,1H3,(H,10,11,13). The minimum atomic E-state index is -0.506. The molecule has 1 aliphatic rings. The Hall–Kier alpha value is -0.640. The first-order valence-electron chi connectivity index (χ1n) is 3.94. The summed E-state index contributed by atoms with van der Waals surface area (Å²) in [6.45, 7) is 2.08. The monoisotopic (exact) mass is 196 g/mol. The molecule has 1 amide bonds. The first kappa shape index (κ1) is 10.4. The van der Waals surface area contributed by atoms with Gasteiger partial charge in [0.25, 0.3) is 0 Å². The summed E-state index contributed by atoms with van der Waals surface area (Å²) in [5.41, 5.74) is 0. The molecule has 69 valence electrons. The fourth-order valence-electron chi connectivity index (χ4n) is 0.857. The molecular weight excluding hydrogens is 186 g/mol. The van der Waals surface area contributed by atoms with Crippen molar-refractivity contribution in [2.75, 3.05) is 6.61 Å². The highest BCUT2D eigenvalue weighted by molar-refractivity contribution is 7.80. The average molecular weight is 196 g/mol. The lowest BCUT2D eigenvalue weighted by molar-refractivity contribution is 0.158. The Bertz CT molecular complexity index is 200. The van der Waals surface area contributed by atoms with Crippen LogP contribution in [0.2, 0.25) is 0 Å². The van der Waals surface area contributed by atoms with Crippen LogP contribution in [0, 0.1) is 31.6 Å². The molecule has 0 aliphatic heterocycles. The summed E-state index contributed by atoms with van der Waals surface area (Å²) in [5, 5.41) is 2.45. The number of ether oxygens (including phenoxy) is 1. The van der Waals surface area contributed by atoms with Gasteiger partial charge in [0.2, 0.25) is 0 Å². The van der Waals surface area contributed by atoms with Crippen LogP contribution in [0.25, 0.3) is 0 Å². The van der Waals surface area contributed by atoms with Crippen molar-refractivity contribution in [3.8, 4) is 0 Å². The molecule has 1 saturated carbocycles. The Kier molecular flexibility index (Phi) is 4.15. The molecule has 0 spiro atoms. The molecule has 1 rings (SSSR count). The van der Waals surface area contributed by atoms with Gasteiger partial charge in [-0.3, -0.25) is 5.32 Å². The van der Waals surface area contributed by atoms with E-state index in [1.54, 1.807) is 6.92 Å². The number of carbonyl (C=O) groups is 1. The van der Waals surface area contributed by atoms with Gasteiger partial charge in [0.15, 0.2) is 0 Å². The molecule has 5 radical (unpaired) electrons. The van der Waals surface area contributed by atoms with E-state index in [-0.39, 0.29) is 0 Å². The van der Waals surface area contributed by atoms with Crippen LogP contribution < -0.4 is 5.32 Å². The van der Waals surface area contributed by atoms with E-state index in [1.165, 1.54) is 0 Å². The molecule has 0 saturated heterocycles. The molecule has 1 N–H and O–H groups in total. The van der Waals surface area contributed by atoms with Crippen LogP contribution in [0.3, 0.4) is 0 Å². The summed E-state index contributed by atoms with van der Waals surface area (Å²) >= 11 is 4.95. The van der Waals surface area contributed by atoms with E-state index in [0.29, 0.717) is 11.6 Å². The largest absolute Gasteiger partial charge is 0.450 e. The van der Waals surface area contributed by atoms with Gasteiger partial charge < -0.3 is 4.74 Å². The molecule has 4 heteroatoms. The predicted molar refractivity (Wildman–Crippen MR) is 53.2 cm³/mol. The third kappa shape index (κ3) is 3.30. The number of nitrogens with one attached hydrogen (secondary N) is 1. The zero-order valence-electron chi connectivity index (χ0n) is 7.24. The van der Waals surface area contributed by atoms with Gasteiger partial charge in [-0.15, -0.1) is 0 Å². The minimum Gasteiger partial charge on any atom is -0.450 e. The molecule has 13 heavy (non-hydrogen) atoms. The molecule has 0 heterocycles. The summed E-state index contributed by atoms with van der Waals surface area (Å²) in [6.07, 6.45) is 6.86. The third-order valence-corrected chi connectivity index (χ3v) is 1.75. The molecule has 0 aromatic heterocycles. The lowest BCUT2D eigenvalue weighted by Crippen LogP contribution is -2.33. The van der Waals surface area contributed by atoms with E-state index in [4.69, 9.17) is 12.2 Å². The Morgan fingerprint density at radius 1 is 1.54 bits per heavy atom. The quantitative estimate of drug-likeness (QED) is 0.679. The Morgan fingerprint density at radius 2 is 2.15 bits per heavy atom. The van der Waals surface area contributed by atoms with Crippen molar-refractivity contribution in [2.45, 2.75) is 6.92 Å². The number of hydrogen-bond acceptors (Lipinski definition) is 3. The first-order chi connectivity index (χ1) is 6.24. The first-order valence-corrected chi connectivity index (χ1v) is 4.34. The van der Waals surface area contributed by atoms with Crippen molar-refractivity contribution in [1.82, 2.24) is 5.32 Å². The van der Waals surface area contributed by atoms with Crippen LogP contribution in [0.15, 0.2) is 0 Å². The molecule has 0 aromatic rings. The van der Waals surface area contributed by atoms with Crippen molar-refractivity contribution < 1.29 is 9.53 Å². The second-order valence-corrected chi connectivity index (χ2v) is 2.76. The molecule has 0 aromatic carbocycles. The van der Waals surface area contributed by atoms with Gasteiger partial charge in [-0.25, -0.2) is 4.79 Å². The van der Waals surface area contributed by atoms with Crippen molar-refractivity contribution in [3.63, 3.8) is 0 Å². The Balaban J connectivity index is 2.27. The SMILES string of the molecule is CCOC(=O)NC(=S)[C]1[CH][CH][CH][CH]1. The van der Waals surface area contributed by atoms with Crippen LogP contribution in [-0.4, -0.2) is 17.7 Å². The fourth-order valence-corrected chi connectivity index (χ4v) is 1.08. The number of carbonyl (C=O) groups excluding carboxylic acids is 1. The van der Waals surface area contributed by atoms with Gasteiger partial charge in [0.05, 0.1) is 11.6 Å². The van der Waals surface area contributed by atoms with E-state index < -0.39 is 6.09 Å². The van der Waals surface area contributed by atoms with Gasteiger partial charge in [-0.2, -0.15) is 0 Å². The molecule has 0 atom stereocenters. The number of alkyl carbamates (subject to hydrolysis) is 1. The Morgan fingerprint density at radius 3 is 2.69 bits per heavy atom. The molecule has 1 aliphatic carbocycles. The highest BCUT2D eigenvalue weighted by atomic mass is 32.1. The second-order valence-electron chi connectivity index (χ2n) is 2.35. The number of rotatable bonds is 2. The van der Waals surface area contributed by atoms with E-state index in [1.807, 2.05) is 25.7 Å². The number of hydrogen-bond donors (Lipinski definition) is 1. The van der Waals surface area contributed by atoms with Crippen LogP contribution in [0.5, 0.6) is 0 Å². The van der Waals surface area contributed by atoms with Gasteiger partial charge in [-0.05, 0) is 32.6 Å². The normalized spacial score (nSPS) is 17.0. The van der Waals surface area contributed by atoms with Crippen molar-refractivity contribution in [1.29, 1.82) is 0 Å². The van der Waals surface area contributed by atoms with Crippen molar-refractivity contribution in [3.05, 3.63) is 31.6 Å². The summed E-state index contributed by atoms with van der Waals surface area (Å²) < 4.78 is 4.67. The fraction of sp³-hybridized carbons (Fsp3) is 0.222. The summed E-state index contributed by atoms with van der Waals surface area (Å²) in [7, 11) is 0. The second kappa shape index (κ2) is 5.17. The highest BCUT2D eigenvalue weighted by Crippen LogP contribution is 2.23. The average Bonchev–Trinajstić information content (AvgIpc) is 2.55. The summed E-state index contributed by atoms with van der Waals surface area (Å²) in [5.74, 6) is 0.822. The molecular formula is C9H10NO2S. The smallest absolute Gasteiger partial charge is 0.412 e. The van der Waals surface area contributed by atoms with Gasteiger partial charge in [-0.1, -0.05) is 12.2 Å². The maximum Gasteiger partial charge on any atom is 0.412 e. The van der Waals surface area contributed by atoms with Crippen LogP contribution >= 0.6 is 12.2 Å². The molecule has 1 fully saturated rings. The van der Waals surface area contributed by atoms with Crippen LogP contribution in [-0.2, 0) is 4.74 Å². The van der Waals surface area contributed by atoms with Gasteiger partial charge in [0, 0.05) is 5.92 Å². The van der Waals surface area contributed by atoms with Crippen LogP contribution in [0.1, 0.15) is 6.92 Å². The third-order valence-electron chi connectivity index (χ3n) is 1.42. The molecule has 0 unspecified atom stereocenters. The summed E-state index contributed by atoms with van der Waals surface area (Å²) in [6, 6.07) is 0. The number of amides is 1. The van der Waals surface area contributed by atoms with E-state index >= 15 is 0 Å². The van der Waals surface area contributed by atoms with E-state index in [2.05, 4.69) is 10.1 Å². The lowest BCUT2D eigenvalue weighted by atomic mass is 10.1. The maximum absolute atomic E-state index is 10.9. The van der Waals surface area contributed by atoms with E-state index in [0.717, 1.165) is 5.92 Å². The lowest BCUT2D eigenvalue weighted by Gasteiger charge is -2.10. The van der Waals surface area contributed by atoms with Crippen molar-refractivity contribution >= 4 is 23.3 Å². The van der Waals surface area contributed by atoms with Crippen molar-refractivity contribution in [2.24, 2.45) is 0 Å². The number of thiocarbonyl (C=S) groups is 1. The predicted octanol–water partition coefficient (Wildman–Crippen LogP) is 1.47. The van der Waals surface area contributed by atoms with Gasteiger partial charge >= 0.3 is 6.09 Å². The summed E-state index contributed by atoms with van der Waals surface area (Å²) in [4.78, 5) is 11.3. The molecule has 3 nitrogen and oxygen atoms in total. The maximum atomic E-state index is 10.9. The zero-order valence-corrected chi connectivity index (χ0v) is 8.06. The topological polar surface area (TPSA) is 38.3 Å².